The third kappa shape index (κ3) is 3.05. The maximum Gasteiger partial charge on any atom is 0.422 e. The molecule has 0 amide bonds. The average Bonchev–Trinajstić information content (AvgIpc) is 2.42. The van der Waals surface area contributed by atoms with Gasteiger partial charge in [-0.2, -0.15) is 4.79 Å². The van der Waals surface area contributed by atoms with E-state index in [4.69, 9.17) is 10.3 Å². The lowest BCUT2D eigenvalue weighted by atomic mass is 9.98. The minimum absolute atomic E-state index is 0.0267. The number of hydrogen-bond donors (Lipinski definition) is 0. The van der Waals surface area contributed by atoms with Crippen LogP contribution < -0.4 is 0 Å². The van der Waals surface area contributed by atoms with Crippen LogP contribution in [0.1, 0.15) is 37.7 Å². The molecule has 0 saturated heterocycles. The van der Waals surface area contributed by atoms with Gasteiger partial charge in [0.15, 0.2) is 0 Å². The Balaban J connectivity index is 2.05. The fourth-order valence-corrected chi connectivity index (χ4v) is 2.20. The van der Waals surface area contributed by atoms with Crippen LogP contribution in [0.5, 0.6) is 0 Å². The number of carbonyl (C=O) groups excluding carboxylic acids is 1. The number of rotatable bonds is 3. The topological polar surface area (TPSA) is 62.7 Å². The molecule has 1 aliphatic rings. The van der Waals surface area contributed by atoms with E-state index < -0.39 is 5.97 Å². The van der Waals surface area contributed by atoms with Crippen LogP contribution in [0.25, 0.3) is 5.53 Å². The van der Waals surface area contributed by atoms with Gasteiger partial charge >= 0.3 is 11.7 Å². The first-order valence-electron chi connectivity index (χ1n) is 6.29. The van der Waals surface area contributed by atoms with Crippen LogP contribution in [0.15, 0.2) is 30.3 Å². The SMILES string of the molecule is [N-]=[N+]=C(C(=O)OC1CCCCC1)c1ccccc1. The van der Waals surface area contributed by atoms with E-state index in [1.165, 1.54) is 6.42 Å². The van der Waals surface area contributed by atoms with Crippen LogP contribution in [-0.2, 0) is 9.53 Å². The molecule has 0 aromatic heterocycles. The first-order chi connectivity index (χ1) is 8.81. The lowest BCUT2D eigenvalue weighted by molar-refractivity contribution is -0.146. The smallest absolute Gasteiger partial charge is 0.422 e. The minimum atomic E-state index is -0.546. The molecule has 0 atom stereocenters. The second-order valence-corrected chi connectivity index (χ2v) is 4.48. The zero-order valence-electron chi connectivity index (χ0n) is 10.2. The Hall–Kier alpha value is -1.93. The fourth-order valence-electron chi connectivity index (χ4n) is 2.20. The van der Waals surface area contributed by atoms with Crippen molar-refractivity contribution < 1.29 is 14.3 Å². The Morgan fingerprint density at radius 1 is 1.17 bits per heavy atom. The van der Waals surface area contributed by atoms with E-state index in [-0.39, 0.29) is 11.8 Å². The average molecular weight is 244 g/mol. The highest BCUT2D eigenvalue weighted by Crippen LogP contribution is 2.20. The summed E-state index contributed by atoms with van der Waals surface area (Å²) >= 11 is 0. The van der Waals surface area contributed by atoms with Crippen molar-refractivity contribution in [3.05, 3.63) is 41.4 Å². The van der Waals surface area contributed by atoms with Crippen LogP contribution in [0.4, 0.5) is 0 Å². The maximum atomic E-state index is 11.9. The Kier molecular flexibility index (Phi) is 4.26. The van der Waals surface area contributed by atoms with Crippen molar-refractivity contribution in [3.8, 4) is 0 Å². The van der Waals surface area contributed by atoms with E-state index in [0.717, 1.165) is 25.7 Å². The monoisotopic (exact) mass is 244 g/mol. The Morgan fingerprint density at radius 2 is 1.83 bits per heavy atom. The van der Waals surface area contributed by atoms with Crippen molar-refractivity contribution in [2.45, 2.75) is 38.2 Å². The predicted molar refractivity (Wildman–Crippen MR) is 67.1 cm³/mol. The minimum Gasteiger partial charge on any atom is -0.454 e. The normalized spacial score (nSPS) is 15.8. The lowest BCUT2D eigenvalue weighted by Crippen LogP contribution is -2.27. The molecule has 0 spiro atoms. The van der Waals surface area contributed by atoms with Crippen LogP contribution in [0.3, 0.4) is 0 Å². The highest BCUT2D eigenvalue weighted by Gasteiger charge is 2.28. The quantitative estimate of drug-likeness (QED) is 0.355. The van der Waals surface area contributed by atoms with Gasteiger partial charge in [0.1, 0.15) is 6.10 Å². The molecule has 1 aliphatic carbocycles. The van der Waals surface area contributed by atoms with E-state index in [1.54, 1.807) is 24.3 Å². The molecule has 0 bridgehead atoms. The summed E-state index contributed by atoms with van der Waals surface area (Å²) < 4.78 is 5.37. The van der Waals surface area contributed by atoms with Gasteiger partial charge in [0.05, 0.1) is 5.56 Å². The molecule has 0 radical (unpaired) electrons. The molecule has 0 unspecified atom stereocenters. The summed E-state index contributed by atoms with van der Waals surface area (Å²) in [6, 6.07) is 8.85. The lowest BCUT2D eigenvalue weighted by Gasteiger charge is -2.20. The molecule has 18 heavy (non-hydrogen) atoms. The summed E-state index contributed by atoms with van der Waals surface area (Å²) in [5.74, 6) is -0.546. The Bertz CT molecular complexity index is 458. The molecule has 2 rings (SSSR count). The maximum absolute atomic E-state index is 11.9. The van der Waals surface area contributed by atoms with Gasteiger partial charge in [0, 0.05) is 0 Å². The molecule has 0 N–H and O–H groups in total. The highest BCUT2D eigenvalue weighted by molar-refractivity contribution is 6.40. The summed E-state index contributed by atoms with van der Waals surface area (Å²) in [4.78, 5) is 15.0. The van der Waals surface area contributed by atoms with E-state index in [0.29, 0.717) is 5.56 Å². The number of ether oxygens (including phenoxy) is 1. The van der Waals surface area contributed by atoms with Crippen LogP contribution >= 0.6 is 0 Å². The Morgan fingerprint density at radius 3 is 2.44 bits per heavy atom. The number of carbonyl (C=O) groups is 1. The third-order valence-corrected chi connectivity index (χ3v) is 3.17. The van der Waals surface area contributed by atoms with Crippen molar-refractivity contribution in [2.75, 3.05) is 0 Å². The number of hydrogen-bond acceptors (Lipinski definition) is 2. The van der Waals surface area contributed by atoms with Crippen molar-refractivity contribution in [2.24, 2.45) is 0 Å². The van der Waals surface area contributed by atoms with Gasteiger partial charge in [0.25, 0.3) is 0 Å². The zero-order chi connectivity index (χ0) is 12.8. The Labute approximate surface area is 106 Å². The first-order valence-corrected chi connectivity index (χ1v) is 6.29. The predicted octanol–water partition coefficient (Wildman–Crippen LogP) is 2.58. The summed E-state index contributed by atoms with van der Waals surface area (Å²) in [6.45, 7) is 0. The van der Waals surface area contributed by atoms with Crippen molar-refractivity contribution >= 4 is 11.7 Å². The number of benzene rings is 1. The molecular weight excluding hydrogens is 228 g/mol. The summed E-state index contributed by atoms with van der Waals surface area (Å²) in [5.41, 5.74) is 9.51. The second kappa shape index (κ2) is 6.12. The molecule has 94 valence electrons. The number of nitrogens with zero attached hydrogens (tertiary/aromatic N) is 2. The van der Waals surface area contributed by atoms with Gasteiger partial charge in [-0.25, -0.2) is 4.79 Å². The largest absolute Gasteiger partial charge is 0.454 e. The number of esters is 1. The van der Waals surface area contributed by atoms with Gasteiger partial charge in [0.2, 0.25) is 0 Å². The molecule has 1 fully saturated rings. The van der Waals surface area contributed by atoms with Crippen LogP contribution in [-0.4, -0.2) is 22.6 Å². The summed E-state index contributed by atoms with van der Waals surface area (Å²) in [7, 11) is 0. The molecule has 1 saturated carbocycles. The standard InChI is InChI=1S/C14H16N2O2/c15-16-13(11-7-3-1-4-8-11)14(17)18-12-9-5-2-6-10-12/h1,3-4,7-8,12H,2,5-6,9-10H2. The first kappa shape index (κ1) is 12.5. The van der Waals surface area contributed by atoms with Crippen molar-refractivity contribution in [3.63, 3.8) is 0 Å². The zero-order valence-corrected chi connectivity index (χ0v) is 10.2. The molecule has 1 aromatic rings. The van der Waals surface area contributed by atoms with Gasteiger partial charge in [-0.1, -0.05) is 24.6 Å². The fraction of sp³-hybridized carbons (Fsp3) is 0.429. The molecule has 4 heteroatoms. The van der Waals surface area contributed by atoms with Crippen LogP contribution in [0.2, 0.25) is 0 Å². The third-order valence-electron chi connectivity index (χ3n) is 3.17. The highest BCUT2D eigenvalue weighted by atomic mass is 16.5. The molecule has 0 heterocycles. The second-order valence-electron chi connectivity index (χ2n) is 4.48. The van der Waals surface area contributed by atoms with Crippen LogP contribution in [0, 0.1) is 0 Å². The molecular formula is C14H16N2O2. The van der Waals surface area contributed by atoms with Crippen molar-refractivity contribution in [1.82, 2.24) is 0 Å². The summed E-state index contributed by atoms with van der Waals surface area (Å²) in [5, 5.41) is 0. The molecule has 4 nitrogen and oxygen atoms in total. The molecule has 1 aromatic carbocycles. The van der Waals surface area contributed by atoms with E-state index >= 15 is 0 Å². The summed E-state index contributed by atoms with van der Waals surface area (Å²) in [6.07, 6.45) is 5.15. The van der Waals surface area contributed by atoms with E-state index in [1.807, 2.05) is 6.07 Å². The van der Waals surface area contributed by atoms with E-state index in [2.05, 4.69) is 4.79 Å². The van der Waals surface area contributed by atoms with E-state index in [9.17, 15) is 4.79 Å². The van der Waals surface area contributed by atoms with Gasteiger partial charge in [-0.05, 0) is 37.8 Å². The molecule has 0 aliphatic heterocycles. The van der Waals surface area contributed by atoms with Gasteiger partial charge < -0.3 is 10.3 Å². The van der Waals surface area contributed by atoms with Gasteiger partial charge in [-0.15, -0.1) is 0 Å². The van der Waals surface area contributed by atoms with Gasteiger partial charge in [-0.3, -0.25) is 0 Å². The van der Waals surface area contributed by atoms with Crippen molar-refractivity contribution in [1.29, 1.82) is 0 Å².